The van der Waals surface area contributed by atoms with Gasteiger partial charge in [-0.1, -0.05) is 33.1 Å². The summed E-state index contributed by atoms with van der Waals surface area (Å²) in [7, 11) is -1.38. The van der Waals surface area contributed by atoms with E-state index >= 15 is 0 Å². The second kappa shape index (κ2) is 3.71. The van der Waals surface area contributed by atoms with Crippen LogP contribution in [0.25, 0.3) is 0 Å². The predicted octanol–water partition coefficient (Wildman–Crippen LogP) is 2.40. The predicted molar refractivity (Wildman–Crippen MR) is 49.1 cm³/mol. The summed E-state index contributed by atoms with van der Waals surface area (Å²) < 4.78 is 4.69. The van der Waals surface area contributed by atoms with Gasteiger partial charge in [0.25, 0.3) is 0 Å². The summed E-state index contributed by atoms with van der Waals surface area (Å²) in [6.45, 7) is 11.7. The molecule has 0 aromatic heterocycles. The minimum absolute atomic E-state index is 0.0421. The van der Waals surface area contributed by atoms with Crippen molar-refractivity contribution < 1.29 is 9.53 Å². The van der Waals surface area contributed by atoms with E-state index in [1.807, 2.05) is 6.92 Å². The molecule has 0 fully saturated rings. The Morgan fingerprint density at radius 2 is 2.00 bits per heavy atom. The third-order valence-electron chi connectivity index (χ3n) is 1.85. The van der Waals surface area contributed by atoms with Crippen LogP contribution in [-0.4, -0.2) is 14.0 Å². The molecule has 0 radical (unpaired) electrons. The molecule has 11 heavy (non-hydrogen) atoms. The molecule has 0 amide bonds. The van der Waals surface area contributed by atoms with Gasteiger partial charge in [0.15, 0.2) is 0 Å². The Morgan fingerprint density at radius 3 is 2.27 bits per heavy atom. The lowest BCUT2D eigenvalue weighted by molar-refractivity contribution is -0.137. The number of carbonyl (C=O) groups excluding carboxylic acids is 1. The Morgan fingerprint density at radius 1 is 1.55 bits per heavy atom. The van der Waals surface area contributed by atoms with E-state index in [9.17, 15) is 4.79 Å². The molecule has 0 rings (SSSR count). The van der Waals surface area contributed by atoms with Gasteiger partial charge in [-0.2, -0.15) is 0 Å². The minimum atomic E-state index is -1.38. The van der Waals surface area contributed by atoms with Crippen molar-refractivity contribution in [3.8, 4) is 0 Å². The number of ether oxygens (including phenoxy) is 1. The van der Waals surface area contributed by atoms with Crippen LogP contribution < -0.4 is 0 Å². The lowest BCUT2D eigenvalue weighted by Gasteiger charge is -2.22. The first kappa shape index (κ1) is 10.4. The summed E-state index contributed by atoms with van der Waals surface area (Å²) in [6, 6.07) is 0. The van der Waals surface area contributed by atoms with E-state index < -0.39 is 8.07 Å². The molecular formula is C8H16O2Si. The lowest BCUT2D eigenvalue weighted by atomic mass is 10.5. The van der Waals surface area contributed by atoms with Crippen LogP contribution >= 0.6 is 0 Å². The Kier molecular flexibility index (Phi) is 3.52. The standard InChI is InChI=1S/C8H16O2Si/c1-6-10-8(9)7(2)11(3,4)5/h6-7H,1H2,2-5H3. The minimum Gasteiger partial charge on any atom is -0.435 e. The van der Waals surface area contributed by atoms with Gasteiger partial charge in [0, 0.05) is 5.54 Å². The number of rotatable bonds is 3. The third kappa shape index (κ3) is 3.37. The zero-order chi connectivity index (χ0) is 9.07. The summed E-state index contributed by atoms with van der Waals surface area (Å²) >= 11 is 0. The van der Waals surface area contributed by atoms with Crippen LogP contribution in [0, 0.1) is 0 Å². The summed E-state index contributed by atoms with van der Waals surface area (Å²) in [5.41, 5.74) is 0.0421. The monoisotopic (exact) mass is 172 g/mol. The van der Waals surface area contributed by atoms with Gasteiger partial charge in [-0.25, -0.2) is 0 Å². The normalized spacial score (nSPS) is 13.8. The van der Waals surface area contributed by atoms with Crippen molar-refractivity contribution in [3.05, 3.63) is 12.8 Å². The molecule has 1 atom stereocenters. The van der Waals surface area contributed by atoms with E-state index in [1.54, 1.807) is 0 Å². The summed E-state index contributed by atoms with van der Waals surface area (Å²) in [4.78, 5) is 11.1. The summed E-state index contributed by atoms with van der Waals surface area (Å²) in [6.07, 6.45) is 1.19. The Hall–Kier alpha value is -0.573. The van der Waals surface area contributed by atoms with Gasteiger partial charge in [0.05, 0.1) is 14.3 Å². The van der Waals surface area contributed by atoms with Crippen LogP contribution in [0.15, 0.2) is 12.8 Å². The first-order chi connectivity index (χ1) is 4.89. The molecule has 0 saturated carbocycles. The fourth-order valence-corrected chi connectivity index (χ4v) is 1.31. The third-order valence-corrected chi connectivity index (χ3v) is 4.69. The van der Waals surface area contributed by atoms with E-state index in [0.29, 0.717) is 0 Å². The van der Waals surface area contributed by atoms with Gasteiger partial charge in [-0.05, 0) is 0 Å². The first-order valence-electron chi connectivity index (χ1n) is 3.71. The molecule has 64 valence electrons. The Labute approximate surface area is 69.3 Å². The number of hydrogen-bond donors (Lipinski definition) is 0. The fraction of sp³-hybridized carbons (Fsp3) is 0.625. The van der Waals surface area contributed by atoms with Crippen LogP contribution in [0.4, 0.5) is 0 Å². The summed E-state index contributed by atoms with van der Waals surface area (Å²) in [5, 5.41) is 0. The summed E-state index contributed by atoms with van der Waals surface area (Å²) in [5.74, 6) is -0.154. The van der Waals surface area contributed by atoms with E-state index in [4.69, 9.17) is 0 Å². The molecule has 0 aromatic carbocycles. The van der Waals surface area contributed by atoms with Crippen LogP contribution in [0.2, 0.25) is 25.2 Å². The van der Waals surface area contributed by atoms with Crippen LogP contribution in [0.5, 0.6) is 0 Å². The molecule has 3 heteroatoms. The maximum Gasteiger partial charge on any atom is 0.310 e. The molecular weight excluding hydrogens is 156 g/mol. The largest absolute Gasteiger partial charge is 0.435 e. The smallest absolute Gasteiger partial charge is 0.310 e. The van der Waals surface area contributed by atoms with Gasteiger partial charge in [0.1, 0.15) is 0 Å². The maximum absolute atomic E-state index is 11.1. The number of esters is 1. The average Bonchev–Trinajstić information content (AvgIpc) is 1.85. The van der Waals surface area contributed by atoms with Crippen molar-refractivity contribution in [2.24, 2.45) is 0 Å². The quantitative estimate of drug-likeness (QED) is 0.371. The molecule has 0 heterocycles. The van der Waals surface area contributed by atoms with Gasteiger partial charge in [-0.3, -0.25) is 4.79 Å². The van der Waals surface area contributed by atoms with Crippen molar-refractivity contribution in [3.63, 3.8) is 0 Å². The molecule has 0 aliphatic carbocycles. The molecule has 0 spiro atoms. The van der Waals surface area contributed by atoms with Crippen LogP contribution in [-0.2, 0) is 9.53 Å². The molecule has 2 nitrogen and oxygen atoms in total. The molecule has 0 saturated heterocycles. The van der Waals surface area contributed by atoms with E-state index in [1.165, 1.54) is 6.26 Å². The van der Waals surface area contributed by atoms with Gasteiger partial charge < -0.3 is 4.74 Å². The number of carbonyl (C=O) groups is 1. The van der Waals surface area contributed by atoms with Crippen molar-refractivity contribution in [2.45, 2.75) is 32.1 Å². The highest BCUT2D eigenvalue weighted by molar-refractivity contribution is 6.80. The Bertz CT molecular complexity index is 158. The zero-order valence-corrected chi connectivity index (χ0v) is 8.68. The second-order valence-corrected chi connectivity index (χ2v) is 9.29. The maximum atomic E-state index is 11.1. The highest BCUT2D eigenvalue weighted by atomic mass is 28.3. The van der Waals surface area contributed by atoms with Crippen molar-refractivity contribution in [1.29, 1.82) is 0 Å². The first-order valence-corrected chi connectivity index (χ1v) is 7.28. The van der Waals surface area contributed by atoms with Crippen molar-refractivity contribution in [2.75, 3.05) is 0 Å². The molecule has 0 aliphatic rings. The highest BCUT2D eigenvalue weighted by Crippen LogP contribution is 2.21. The van der Waals surface area contributed by atoms with Crippen molar-refractivity contribution >= 4 is 14.0 Å². The van der Waals surface area contributed by atoms with E-state index in [0.717, 1.165) is 0 Å². The fourth-order valence-electron chi connectivity index (χ4n) is 0.538. The molecule has 1 unspecified atom stereocenters. The van der Waals surface area contributed by atoms with E-state index in [2.05, 4.69) is 31.0 Å². The highest BCUT2D eigenvalue weighted by Gasteiger charge is 2.29. The van der Waals surface area contributed by atoms with E-state index in [-0.39, 0.29) is 11.5 Å². The Balaban J connectivity index is 4.13. The number of hydrogen-bond acceptors (Lipinski definition) is 2. The van der Waals surface area contributed by atoms with Gasteiger partial charge >= 0.3 is 5.97 Å². The molecule has 0 N–H and O–H groups in total. The topological polar surface area (TPSA) is 26.3 Å². The SMILES string of the molecule is C=COC(=O)C(C)[Si](C)(C)C. The van der Waals surface area contributed by atoms with Crippen molar-refractivity contribution in [1.82, 2.24) is 0 Å². The van der Waals surface area contributed by atoms with Crippen LogP contribution in [0.1, 0.15) is 6.92 Å². The molecule has 0 aliphatic heterocycles. The average molecular weight is 172 g/mol. The van der Waals surface area contributed by atoms with Crippen LogP contribution in [0.3, 0.4) is 0 Å². The zero-order valence-electron chi connectivity index (χ0n) is 7.68. The molecule has 0 aromatic rings. The second-order valence-electron chi connectivity index (χ2n) is 3.69. The van der Waals surface area contributed by atoms with Gasteiger partial charge in [0.2, 0.25) is 0 Å². The molecule has 0 bridgehead atoms. The van der Waals surface area contributed by atoms with Gasteiger partial charge in [-0.15, -0.1) is 0 Å². The lowest BCUT2D eigenvalue weighted by Crippen LogP contribution is -2.32.